The molecule has 1 amide bonds. The molecule has 26 heavy (non-hydrogen) atoms. The molecule has 0 radical (unpaired) electrons. The molecule has 2 aromatic carbocycles. The molecule has 4 rings (SSSR count). The Bertz CT molecular complexity index is 1150. The molecule has 0 aliphatic rings. The van der Waals surface area contributed by atoms with Gasteiger partial charge in [-0.2, -0.15) is 5.26 Å². The Morgan fingerprint density at radius 1 is 1.08 bits per heavy atom. The lowest BCUT2D eigenvalue weighted by atomic mass is 10.1. The maximum atomic E-state index is 12.9. The first-order valence-electron chi connectivity index (χ1n) is 8.48. The molecule has 0 aliphatic carbocycles. The minimum Gasteiger partial charge on any atom is -0.344 e. The fourth-order valence-corrected chi connectivity index (χ4v) is 3.32. The average molecular weight is 339 g/mol. The van der Waals surface area contributed by atoms with Crippen molar-refractivity contribution >= 4 is 22.2 Å². The number of hydrogen-bond acceptors (Lipinski definition) is 2. The van der Waals surface area contributed by atoms with Crippen LogP contribution >= 0.6 is 0 Å². The van der Waals surface area contributed by atoms with Crippen LogP contribution in [-0.4, -0.2) is 10.3 Å². The molecule has 1 atom stereocenters. The Labute approximate surface area is 151 Å². The lowest BCUT2D eigenvalue weighted by molar-refractivity contribution is 0.0934. The summed E-state index contributed by atoms with van der Waals surface area (Å²) in [6.45, 7) is 1.95. The van der Waals surface area contributed by atoms with Crippen molar-refractivity contribution in [3.8, 4) is 6.07 Å². The summed E-state index contributed by atoms with van der Waals surface area (Å²) in [5.41, 5.74) is 2.76. The Hall–Kier alpha value is -3.58. The number of nitriles is 1. The molecule has 0 saturated heterocycles. The molecular weight excluding hydrogens is 322 g/mol. The molecule has 0 fully saturated rings. The molecular formula is C22H17N3O. The van der Waals surface area contributed by atoms with E-state index in [4.69, 9.17) is 0 Å². The van der Waals surface area contributed by atoms with Gasteiger partial charge in [0.05, 0.1) is 17.1 Å². The monoisotopic (exact) mass is 339 g/mol. The largest absolute Gasteiger partial charge is 0.344 e. The van der Waals surface area contributed by atoms with Crippen molar-refractivity contribution in [1.29, 1.82) is 5.26 Å². The minimum atomic E-state index is -0.201. The Morgan fingerprint density at radius 3 is 2.58 bits per heavy atom. The highest BCUT2D eigenvalue weighted by molar-refractivity contribution is 6.03. The number of fused-ring (bicyclic) bond motifs is 3. The highest BCUT2D eigenvalue weighted by atomic mass is 16.2. The number of nitrogens with zero attached hydrogens (tertiary/aromatic N) is 2. The van der Waals surface area contributed by atoms with E-state index < -0.39 is 0 Å². The Balaban J connectivity index is 1.78. The summed E-state index contributed by atoms with van der Waals surface area (Å²) in [7, 11) is 0. The number of aromatic nitrogens is 1. The first-order chi connectivity index (χ1) is 12.7. The molecule has 0 aliphatic heterocycles. The lowest BCUT2D eigenvalue weighted by Gasteiger charge is -2.14. The number of rotatable bonds is 3. The standard InChI is InChI=1S/C22H17N3O/c1-15(16-7-3-2-4-8-16)24-22(26)20-13-18(14-23)21-19-10-6-5-9-17(19)11-12-25(20)21/h2-13,15H,1H3,(H,24,26). The number of hydrogen-bond donors (Lipinski definition) is 1. The van der Waals surface area contributed by atoms with Crippen LogP contribution in [0.25, 0.3) is 16.3 Å². The van der Waals surface area contributed by atoms with Crippen LogP contribution in [-0.2, 0) is 0 Å². The van der Waals surface area contributed by atoms with E-state index in [9.17, 15) is 10.1 Å². The van der Waals surface area contributed by atoms with Gasteiger partial charge >= 0.3 is 0 Å². The third-order valence-electron chi connectivity index (χ3n) is 4.66. The molecule has 2 aromatic heterocycles. The van der Waals surface area contributed by atoms with E-state index in [-0.39, 0.29) is 11.9 Å². The van der Waals surface area contributed by atoms with Crippen molar-refractivity contribution in [1.82, 2.24) is 9.72 Å². The molecule has 0 bridgehead atoms. The van der Waals surface area contributed by atoms with Crippen LogP contribution in [0.5, 0.6) is 0 Å². The van der Waals surface area contributed by atoms with E-state index in [0.717, 1.165) is 21.9 Å². The highest BCUT2D eigenvalue weighted by Gasteiger charge is 2.19. The summed E-state index contributed by atoms with van der Waals surface area (Å²) >= 11 is 0. The van der Waals surface area contributed by atoms with Gasteiger partial charge in [-0.05, 0) is 30.0 Å². The normalized spacial score (nSPS) is 12.0. The second-order valence-corrected chi connectivity index (χ2v) is 6.28. The topological polar surface area (TPSA) is 57.3 Å². The number of carbonyl (C=O) groups excluding carboxylic acids is 1. The molecule has 4 nitrogen and oxygen atoms in total. The van der Waals surface area contributed by atoms with Crippen LogP contribution in [0.2, 0.25) is 0 Å². The molecule has 126 valence electrons. The highest BCUT2D eigenvalue weighted by Crippen LogP contribution is 2.26. The minimum absolute atomic E-state index is 0.125. The summed E-state index contributed by atoms with van der Waals surface area (Å²) in [5.74, 6) is -0.201. The molecule has 0 spiro atoms. The van der Waals surface area contributed by atoms with Gasteiger partial charge in [-0.25, -0.2) is 0 Å². The van der Waals surface area contributed by atoms with Crippen molar-refractivity contribution in [2.24, 2.45) is 0 Å². The summed E-state index contributed by atoms with van der Waals surface area (Å²) in [5, 5.41) is 14.6. The van der Waals surface area contributed by atoms with Crippen LogP contribution in [0, 0.1) is 11.3 Å². The van der Waals surface area contributed by atoms with Crippen molar-refractivity contribution in [3.05, 3.63) is 89.7 Å². The first-order valence-corrected chi connectivity index (χ1v) is 8.48. The van der Waals surface area contributed by atoms with Crippen molar-refractivity contribution < 1.29 is 4.79 Å². The van der Waals surface area contributed by atoms with Crippen LogP contribution in [0.15, 0.2) is 72.9 Å². The lowest BCUT2D eigenvalue weighted by Crippen LogP contribution is -2.27. The van der Waals surface area contributed by atoms with E-state index in [0.29, 0.717) is 11.3 Å². The number of carbonyl (C=O) groups is 1. The molecule has 2 heterocycles. The maximum absolute atomic E-state index is 12.9. The molecule has 4 heteroatoms. The van der Waals surface area contributed by atoms with Crippen molar-refractivity contribution in [2.75, 3.05) is 0 Å². The van der Waals surface area contributed by atoms with Gasteiger partial charge in [0.15, 0.2) is 0 Å². The van der Waals surface area contributed by atoms with E-state index in [1.165, 1.54) is 0 Å². The summed E-state index contributed by atoms with van der Waals surface area (Å²) in [6, 6.07) is 23.4. The molecule has 0 saturated carbocycles. The number of pyridine rings is 1. The zero-order chi connectivity index (χ0) is 18.1. The molecule has 1 unspecified atom stereocenters. The molecule has 4 aromatic rings. The van der Waals surface area contributed by atoms with Crippen LogP contribution in [0.1, 0.15) is 34.6 Å². The van der Waals surface area contributed by atoms with Crippen molar-refractivity contribution in [2.45, 2.75) is 13.0 Å². The van der Waals surface area contributed by atoms with Gasteiger partial charge in [-0.15, -0.1) is 0 Å². The Morgan fingerprint density at radius 2 is 1.81 bits per heavy atom. The summed E-state index contributed by atoms with van der Waals surface area (Å²) in [4.78, 5) is 12.9. The van der Waals surface area contributed by atoms with Gasteiger partial charge in [0.2, 0.25) is 0 Å². The fourth-order valence-electron chi connectivity index (χ4n) is 3.32. The number of nitrogens with one attached hydrogen (secondary N) is 1. The second-order valence-electron chi connectivity index (χ2n) is 6.28. The van der Waals surface area contributed by atoms with Gasteiger partial charge in [-0.1, -0.05) is 54.6 Å². The SMILES string of the molecule is CC(NC(=O)c1cc(C#N)c2c3ccccc3ccn12)c1ccccc1. The van der Waals surface area contributed by atoms with Gasteiger partial charge < -0.3 is 9.72 Å². The third-order valence-corrected chi connectivity index (χ3v) is 4.66. The van der Waals surface area contributed by atoms with E-state index in [2.05, 4.69) is 11.4 Å². The third kappa shape index (κ3) is 2.60. The van der Waals surface area contributed by atoms with E-state index >= 15 is 0 Å². The predicted octanol–water partition coefficient (Wildman–Crippen LogP) is 4.46. The maximum Gasteiger partial charge on any atom is 0.268 e. The first kappa shape index (κ1) is 15.9. The quantitative estimate of drug-likeness (QED) is 0.599. The zero-order valence-corrected chi connectivity index (χ0v) is 14.3. The van der Waals surface area contributed by atoms with Crippen LogP contribution < -0.4 is 5.32 Å². The van der Waals surface area contributed by atoms with Gasteiger partial charge in [0.1, 0.15) is 11.8 Å². The fraction of sp³-hybridized carbons (Fsp3) is 0.0909. The summed E-state index contributed by atoms with van der Waals surface area (Å²) in [6.07, 6.45) is 1.85. The number of benzene rings is 2. The second kappa shape index (κ2) is 6.38. The van der Waals surface area contributed by atoms with E-state index in [1.807, 2.05) is 73.8 Å². The predicted molar refractivity (Wildman–Crippen MR) is 102 cm³/mol. The van der Waals surface area contributed by atoms with Crippen LogP contribution in [0.3, 0.4) is 0 Å². The van der Waals surface area contributed by atoms with Crippen molar-refractivity contribution in [3.63, 3.8) is 0 Å². The smallest absolute Gasteiger partial charge is 0.268 e. The molecule has 1 N–H and O–H groups in total. The average Bonchev–Trinajstić information content (AvgIpc) is 3.08. The van der Waals surface area contributed by atoms with Gasteiger partial charge in [-0.3, -0.25) is 4.79 Å². The van der Waals surface area contributed by atoms with Gasteiger partial charge in [0, 0.05) is 11.6 Å². The van der Waals surface area contributed by atoms with E-state index in [1.54, 1.807) is 10.5 Å². The number of amides is 1. The Kier molecular flexibility index (Phi) is 3.91. The van der Waals surface area contributed by atoms with Gasteiger partial charge in [0.25, 0.3) is 5.91 Å². The summed E-state index contributed by atoms with van der Waals surface area (Å²) < 4.78 is 1.80. The van der Waals surface area contributed by atoms with Crippen LogP contribution in [0.4, 0.5) is 0 Å². The zero-order valence-electron chi connectivity index (χ0n) is 14.3.